The van der Waals surface area contributed by atoms with Gasteiger partial charge in [0.05, 0.1) is 5.60 Å². The lowest BCUT2D eigenvalue weighted by Gasteiger charge is -2.45. The zero-order chi connectivity index (χ0) is 11.9. The van der Waals surface area contributed by atoms with Gasteiger partial charge < -0.3 is 10.4 Å². The molecule has 92 valence electrons. The molecule has 0 aliphatic carbocycles. The number of nitrogens with zero attached hydrogens (tertiary/aromatic N) is 1. The number of rotatable bonds is 1. The van der Waals surface area contributed by atoms with Crippen LogP contribution in [0.3, 0.4) is 0 Å². The van der Waals surface area contributed by atoms with Crippen LogP contribution in [0.15, 0.2) is 18.5 Å². The molecule has 3 rings (SSSR count). The van der Waals surface area contributed by atoms with Crippen molar-refractivity contribution < 1.29 is 5.11 Å². The van der Waals surface area contributed by atoms with Crippen LogP contribution in [0.5, 0.6) is 0 Å². The number of hydrogen-bond acceptors (Lipinski definition) is 3. The van der Waals surface area contributed by atoms with Crippen LogP contribution >= 0.6 is 0 Å². The van der Waals surface area contributed by atoms with Crippen LogP contribution in [0, 0.1) is 6.92 Å². The molecule has 0 saturated carbocycles. The van der Waals surface area contributed by atoms with Crippen LogP contribution in [-0.4, -0.2) is 22.2 Å². The molecule has 0 radical (unpaired) electrons. The van der Waals surface area contributed by atoms with Gasteiger partial charge in [0, 0.05) is 30.0 Å². The minimum absolute atomic E-state index is 0.479. The van der Waals surface area contributed by atoms with Gasteiger partial charge in [-0.05, 0) is 44.2 Å². The molecule has 1 aromatic rings. The van der Waals surface area contributed by atoms with Crippen molar-refractivity contribution in [3.05, 3.63) is 29.6 Å². The predicted molar refractivity (Wildman–Crippen MR) is 66.7 cm³/mol. The van der Waals surface area contributed by atoms with Crippen molar-refractivity contribution in [1.82, 2.24) is 10.3 Å². The van der Waals surface area contributed by atoms with E-state index in [2.05, 4.69) is 17.2 Å². The van der Waals surface area contributed by atoms with E-state index in [1.807, 2.05) is 12.3 Å². The molecular weight excluding hydrogens is 212 g/mol. The third kappa shape index (κ3) is 1.98. The maximum absolute atomic E-state index is 10.9. The van der Waals surface area contributed by atoms with Crippen molar-refractivity contribution in [2.75, 3.05) is 0 Å². The van der Waals surface area contributed by atoms with E-state index in [-0.39, 0.29) is 0 Å². The fourth-order valence-electron chi connectivity index (χ4n) is 3.50. The quantitative estimate of drug-likeness (QED) is 0.777. The zero-order valence-electron chi connectivity index (χ0n) is 10.3. The molecule has 3 heteroatoms. The molecule has 2 atom stereocenters. The average Bonchev–Trinajstić information content (AvgIpc) is 2.28. The Balaban J connectivity index is 1.93. The number of aromatic nitrogens is 1. The number of fused-ring (bicyclic) bond motifs is 2. The number of aryl methyl sites for hydroxylation is 1. The molecule has 2 unspecified atom stereocenters. The van der Waals surface area contributed by atoms with Crippen molar-refractivity contribution in [1.29, 1.82) is 0 Å². The van der Waals surface area contributed by atoms with E-state index in [0.717, 1.165) is 24.0 Å². The van der Waals surface area contributed by atoms with Crippen LogP contribution in [-0.2, 0) is 5.60 Å². The Morgan fingerprint density at radius 3 is 2.71 bits per heavy atom. The van der Waals surface area contributed by atoms with Gasteiger partial charge in [0.2, 0.25) is 0 Å². The SMILES string of the molecule is Cc1ccncc1C1(O)CC2CCCC(C1)N2. The highest BCUT2D eigenvalue weighted by molar-refractivity contribution is 5.29. The van der Waals surface area contributed by atoms with E-state index >= 15 is 0 Å². The van der Waals surface area contributed by atoms with E-state index in [1.54, 1.807) is 6.20 Å². The van der Waals surface area contributed by atoms with Crippen molar-refractivity contribution in [3.63, 3.8) is 0 Å². The summed E-state index contributed by atoms with van der Waals surface area (Å²) in [5, 5.41) is 14.6. The van der Waals surface area contributed by atoms with Crippen LogP contribution in [0.4, 0.5) is 0 Å². The maximum atomic E-state index is 10.9. The third-order valence-electron chi connectivity index (χ3n) is 4.29. The molecule has 0 spiro atoms. The Morgan fingerprint density at radius 1 is 1.35 bits per heavy atom. The number of aliphatic hydroxyl groups is 1. The first kappa shape index (κ1) is 11.2. The van der Waals surface area contributed by atoms with Gasteiger partial charge in [-0.2, -0.15) is 0 Å². The molecule has 3 nitrogen and oxygen atoms in total. The van der Waals surface area contributed by atoms with Crippen molar-refractivity contribution in [2.24, 2.45) is 0 Å². The monoisotopic (exact) mass is 232 g/mol. The highest BCUT2D eigenvalue weighted by Crippen LogP contribution is 2.40. The molecule has 1 aromatic heterocycles. The topological polar surface area (TPSA) is 45.2 Å². The van der Waals surface area contributed by atoms with Crippen LogP contribution in [0.25, 0.3) is 0 Å². The molecule has 2 saturated heterocycles. The van der Waals surface area contributed by atoms with Gasteiger partial charge >= 0.3 is 0 Å². The average molecular weight is 232 g/mol. The molecule has 17 heavy (non-hydrogen) atoms. The Bertz CT molecular complexity index is 406. The van der Waals surface area contributed by atoms with Gasteiger partial charge in [-0.25, -0.2) is 0 Å². The first-order valence-corrected chi connectivity index (χ1v) is 6.57. The van der Waals surface area contributed by atoms with Gasteiger partial charge in [-0.1, -0.05) is 6.42 Å². The van der Waals surface area contributed by atoms with Crippen molar-refractivity contribution >= 4 is 0 Å². The molecule has 2 aliphatic rings. The molecular formula is C14H20N2O. The van der Waals surface area contributed by atoms with E-state index < -0.39 is 5.60 Å². The van der Waals surface area contributed by atoms with Gasteiger partial charge in [0.25, 0.3) is 0 Å². The third-order valence-corrected chi connectivity index (χ3v) is 4.29. The Kier molecular flexibility index (Phi) is 2.68. The number of pyridine rings is 1. The second-order valence-electron chi connectivity index (χ2n) is 5.62. The normalized spacial score (nSPS) is 36.8. The number of piperidine rings is 2. The fourth-order valence-corrected chi connectivity index (χ4v) is 3.50. The lowest BCUT2D eigenvalue weighted by atomic mass is 9.73. The summed E-state index contributed by atoms with van der Waals surface area (Å²) < 4.78 is 0. The molecule has 2 bridgehead atoms. The second kappa shape index (κ2) is 4.07. The highest BCUT2D eigenvalue weighted by Gasteiger charge is 2.42. The maximum Gasteiger partial charge on any atom is 0.0943 e. The molecule has 0 aromatic carbocycles. The lowest BCUT2D eigenvalue weighted by Crippen LogP contribution is -2.54. The summed E-state index contributed by atoms with van der Waals surface area (Å²) in [6.45, 7) is 2.06. The van der Waals surface area contributed by atoms with Gasteiger partial charge in [0.1, 0.15) is 0 Å². The lowest BCUT2D eigenvalue weighted by molar-refractivity contribution is -0.0365. The summed E-state index contributed by atoms with van der Waals surface area (Å²) in [4.78, 5) is 4.18. The smallest absolute Gasteiger partial charge is 0.0943 e. The van der Waals surface area contributed by atoms with Crippen LogP contribution in [0.2, 0.25) is 0 Å². The summed E-state index contributed by atoms with van der Waals surface area (Å²) in [6.07, 6.45) is 8.98. The molecule has 2 aliphatic heterocycles. The highest BCUT2D eigenvalue weighted by atomic mass is 16.3. The second-order valence-corrected chi connectivity index (χ2v) is 5.62. The Morgan fingerprint density at radius 2 is 2.06 bits per heavy atom. The summed E-state index contributed by atoms with van der Waals surface area (Å²) in [5.41, 5.74) is 1.51. The largest absolute Gasteiger partial charge is 0.385 e. The van der Waals surface area contributed by atoms with E-state index in [0.29, 0.717) is 12.1 Å². The fraction of sp³-hybridized carbons (Fsp3) is 0.643. The van der Waals surface area contributed by atoms with E-state index in [9.17, 15) is 5.11 Å². The minimum Gasteiger partial charge on any atom is -0.385 e. The van der Waals surface area contributed by atoms with E-state index in [4.69, 9.17) is 0 Å². The van der Waals surface area contributed by atoms with Crippen molar-refractivity contribution in [2.45, 2.75) is 56.7 Å². The standard InChI is InChI=1S/C14H20N2O/c1-10-5-6-15-9-13(10)14(17)7-11-3-2-4-12(8-14)16-11/h5-6,9,11-12,16-17H,2-4,7-8H2,1H3. The predicted octanol–water partition coefficient (Wildman–Crippen LogP) is 1.88. The summed E-state index contributed by atoms with van der Waals surface area (Å²) in [7, 11) is 0. The first-order chi connectivity index (χ1) is 8.17. The number of hydrogen-bond donors (Lipinski definition) is 2. The first-order valence-electron chi connectivity index (χ1n) is 6.57. The summed E-state index contributed by atoms with van der Waals surface area (Å²) in [5.74, 6) is 0. The summed E-state index contributed by atoms with van der Waals surface area (Å²) in [6, 6.07) is 2.95. The van der Waals surface area contributed by atoms with Gasteiger partial charge in [0.15, 0.2) is 0 Å². The van der Waals surface area contributed by atoms with Crippen LogP contribution < -0.4 is 5.32 Å². The number of nitrogens with one attached hydrogen (secondary N) is 1. The molecule has 2 N–H and O–H groups in total. The Labute approximate surface area is 102 Å². The molecule has 2 fully saturated rings. The zero-order valence-corrected chi connectivity index (χ0v) is 10.3. The van der Waals surface area contributed by atoms with E-state index in [1.165, 1.54) is 19.3 Å². The van der Waals surface area contributed by atoms with Gasteiger partial charge in [-0.15, -0.1) is 0 Å². The molecule has 0 amide bonds. The van der Waals surface area contributed by atoms with Gasteiger partial charge in [-0.3, -0.25) is 4.98 Å². The molecule has 3 heterocycles. The Hall–Kier alpha value is -0.930. The summed E-state index contributed by atoms with van der Waals surface area (Å²) >= 11 is 0. The van der Waals surface area contributed by atoms with Crippen molar-refractivity contribution in [3.8, 4) is 0 Å². The van der Waals surface area contributed by atoms with Crippen LogP contribution in [0.1, 0.15) is 43.2 Å². The minimum atomic E-state index is -0.667.